The number of hydrogen-bond acceptors (Lipinski definition) is 4. The molecule has 1 aromatic rings. The first-order chi connectivity index (χ1) is 8.50. The molecule has 1 aliphatic heterocycles. The maximum absolute atomic E-state index is 12.4. The van der Waals surface area contributed by atoms with E-state index in [1.165, 1.54) is 0 Å². The van der Waals surface area contributed by atoms with E-state index in [-0.39, 0.29) is 12.1 Å². The largest absolute Gasteiger partial charge is 0.434 e. The topological polar surface area (TPSA) is 34.2 Å². The van der Waals surface area contributed by atoms with Crippen LogP contribution in [0.3, 0.4) is 0 Å². The van der Waals surface area contributed by atoms with Crippen LogP contribution in [-0.2, 0) is 10.9 Å². The van der Waals surface area contributed by atoms with E-state index in [1.807, 2.05) is 6.92 Å². The number of hydrogen-bond donors (Lipinski definition) is 1. The van der Waals surface area contributed by atoms with Crippen molar-refractivity contribution in [3.05, 3.63) is 11.1 Å². The Bertz CT molecular complexity index is 388. The summed E-state index contributed by atoms with van der Waals surface area (Å²) in [4.78, 5) is 3.57. The van der Waals surface area contributed by atoms with Crippen molar-refractivity contribution in [2.45, 2.75) is 44.5 Å². The Balaban J connectivity index is 2.01. The Labute approximate surface area is 107 Å². The zero-order valence-corrected chi connectivity index (χ0v) is 10.8. The number of rotatable bonds is 4. The number of anilines is 1. The molecule has 18 heavy (non-hydrogen) atoms. The zero-order valence-electron chi connectivity index (χ0n) is 9.96. The fourth-order valence-corrected chi connectivity index (χ4v) is 2.79. The summed E-state index contributed by atoms with van der Waals surface area (Å²) in [5.74, 6) is 0. The third-order valence-corrected chi connectivity index (χ3v) is 3.73. The second-order valence-electron chi connectivity index (χ2n) is 4.25. The molecule has 0 amide bonds. The molecule has 102 valence electrons. The van der Waals surface area contributed by atoms with Crippen molar-refractivity contribution in [1.82, 2.24) is 4.98 Å². The molecule has 2 unspecified atom stereocenters. The molecule has 1 aliphatic rings. The van der Waals surface area contributed by atoms with Gasteiger partial charge in [0.2, 0.25) is 0 Å². The average molecular weight is 280 g/mol. The Hall–Kier alpha value is -0.820. The Morgan fingerprint density at radius 1 is 1.61 bits per heavy atom. The number of aromatic nitrogens is 1. The molecular formula is C11H15F3N2OS. The van der Waals surface area contributed by atoms with Gasteiger partial charge in [0.05, 0.1) is 12.1 Å². The summed E-state index contributed by atoms with van der Waals surface area (Å²) >= 11 is 0.981. The summed E-state index contributed by atoms with van der Waals surface area (Å²) in [6.45, 7) is 2.71. The van der Waals surface area contributed by atoms with Crippen LogP contribution in [0.5, 0.6) is 0 Å². The van der Waals surface area contributed by atoms with E-state index < -0.39 is 11.9 Å². The molecule has 0 aliphatic carbocycles. The second kappa shape index (κ2) is 5.44. The first-order valence-corrected chi connectivity index (χ1v) is 6.79. The van der Waals surface area contributed by atoms with E-state index in [0.717, 1.165) is 42.6 Å². The van der Waals surface area contributed by atoms with Crippen LogP contribution >= 0.6 is 11.3 Å². The van der Waals surface area contributed by atoms with Gasteiger partial charge in [0, 0.05) is 12.0 Å². The lowest BCUT2D eigenvalue weighted by atomic mass is 10.1. The highest BCUT2D eigenvalue weighted by molar-refractivity contribution is 7.13. The number of nitrogens with zero attached hydrogens (tertiary/aromatic N) is 1. The van der Waals surface area contributed by atoms with Gasteiger partial charge < -0.3 is 10.1 Å². The number of thiazole rings is 1. The van der Waals surface area contributed by atoms with Gasteiger partial charge in [-0.05, 0) is 19.3 Å². The predicted molar refractivity (Wildman–Crippen MR) is 63.8 cm³/mol. The summed E-state index contributed by atoms with van der Waals surface area (Å²) in [5.41, 5.74) is -0.836. The average Bonchev–Trinajstić information content (AvgIpc) is 2.95. The van der Waals surface area contributed by atoms with Crippen LogP contribution in [0.15, 0.2) is 5.38 Å². The lowest BCUT2D eigenvalue weighted by Crippen LogP contribution is -2.32. The predicted octanol–water partition coefficient (Wildman–Crippen LogP) is 3.53. The van der Waals surface area contributed by atoms with Gasteiger partial charge in [-0.25, -0.2) is 4.98 Å². The first kappa shape index (κ1) is 13.6. The van der Waals surface area contributed by atoms with Crippen LogP contribution in [0.4, 0.5) is 18.3 Å². The van der Waals surface area contributed by atoms with Crippen molar-refractivity contribution in [3.8, 4) is 0 Å². The summed E-state index contributed by atoms with van der Waals surface area (Å²) in [5, 5.41) is 4.39. The third kappa shape index (κ3) is 3.14. The molecule has 0 spiro atoms. The molecule has 3 nitrogen and oxygen atoms in total. The molecule has 2 heterocycles. The number of nitrogens with one attached hydrogen (secondary N) is 1. The number of halogens is 3. The van der Waals surface area contributed by atoms with Gasteiger partial charge in [0.15, 0.2) is 10.8 Å². The van der Waals surface area contributed by atoms with Crippen molar-refractivity contribution in [1.29, 1.82) is 0 Å². The maximum Gasteiger partial charge on any atom is 0.434 e. The van der Waals surface area contributed by atoms with Gasteiger partial charge in [-0.15, -0.1) is 11.3 Å². The Morgan fingerprint density at radius 3 is 2.89 bits per heavy atom. The Morgan fingerprint density at radius 2 is 2.39 bits per heavy atom. The van der Waals surface area contributed by atoms with Gasteiger partial charge in [0.25, 0.3) is 0 Å². The fraction of sp³-hybridized carbons (Fsp3) is 0.727. The zero-order chi connectivity index (χ0) is 13.2. The standard InChI is InChI=1S/C11H15F3N2OS/c1-2-7(8-4-3-5-17-8)15-10-16-9(6-18-10)11(12,13)14/h6-8H,2-5H2,1H3,(H,15,16). The molecule has 0 aromatic carbocycles. The number of ether oxygens (including phenoxy) is 1. The summed E-state index contributed by atoms with van der Waals surface area (Å²) in [6.07, 6.45) is -1.54. The summed E-state index contributed by atoms with van der Waals surface area (Å²) < 4.78 is 42.8. The van der Waals surface area contributed by atoms with Gasteiger partial charge in [-0.2, -0.15) is 13.2 Å². The fourth-order valence-electron chi connectivity index (χ4n) is 2.01. The molecule has 1 fully saturated rings. The molecule has 1 N–H and O–H groups in total. The van der Waals surface area contributed by atoms with Gasteiger partial charge in [-0.3, -0.25) is 0 Å². The molecule has 0 bridgehead atoms. The van der Waals surface area contributed by atoms with E-state index in [2.05, 4.69) is 10.3 Å². The first-order valence-electron chi connectivity index (χ1n) is 5.91. The monoisotopic (exact) mass is 280 g/mol. The molecule has 1 saturated heterocycles. The molecule has 0 radical (unpaired) electrons. The van der Waals surface area contributed by atoms with Crippen molar-refractivity contribution in [3.63, 3.8) is 0 Å². The van der Waals surface area contributed by atoms with Crippen molar-refractivity contribution < 1.29 is 17.9 Å². The molecule has 1 aromatic heterocycles. The van der Waals surface area contributed by atoms with E-state index in [1.54, 1.807) is 0 Å². The molecule has 2 atom stereocenters. The van der Waals surface area contributed by atoms with E-state index in [9.17, 15) is 13.2 Å². The lowest BCUT2D eigenvalue weighted by molar-refractivity contribution is -0.140. The minimum absolute atomic E-state index is 0.0275. The van der Waals surface area contributed by atoms with Gasteiger partial charge in [0.1, 0.15) is 0 Å². The lowest BCUT2D eigenvalue weighted by Gasteiger charge is -2.22. The second-order valence-corrected chi connectivity index (χ2v) is 5.10. The van der Waals surface area contributed by atoms with Crippen molar-refractivity contribution in [2.75, 3.05) is 11.9 Å². The highest BCUT2D eigenvalue weighted by Crippen LogP contribution is 2.32. The summed E-state index contributed by atoms with van der Waals surface area (Å²) in [7, 11) is 0. The van der Waals surface area contributed by atoms with Crippen molar-refractivity contribution in [2.24, 2.45) is 0 Å². The van der Waals surface area contributed by atoms with Crippen molar-refractivity contribution >= 4 is 16.5 Å². The summed E-state index contributed by atoms with van der Waals surface area (Å²) in [6, 6.07) is 0.0275. The number of alkyl halides is 3. The van der Waals surface area contributed by atoms with Crippen LogP contribution in [-0.4, -0.2) is 23.7 Å². The van der Waals surface area contributed by atoms with Crippen LogP contribution in [0.2, 0.25) is 0 Å². The van der Waals surface area contributed by atoms with Gasteiger partial charge >= 0.3 is 6.18 Å². The smallest absolute Gasteiger partial charge is 0.376 e. The van der Waals surface area contributed by atoms with E-state index >= 15 is 0 Å². The van der Waals surface area contributed by atoms with Crippen LogP contribution in [0.1, 0.15) is 31.9 Å². The van der Waals surface area contributed by atoms with E-state index in [4.69, 9.17) is 4.74 Å². The minimum atomic E-state index is -4.37. The minimum Gasteiger partial charge on any atom is -0.376 e. The van der Waals surface area contributed by atoms with E-state index in [0.29, 0.717) is 5.13 Å². The molecule has 2 rings (SSSR count). The maximum atomic E-state index is 12.4. The normalized spacial score (nSPS) is 22.1. The quantitative estimate of drug-likeness (QED) is 0.916. The van der Waals surface area contributed by atoms with Crippen LogP contribution in [0, 0.1) is 0 Å². The SMILES string of the molecule is CCC(Nc1nc(C(F)(F)F)cs1)C1CCCO1. The molecule has 0 saturated carbocycles. The Kier molecular flexibility index (Phi) is 4.11. The molecular weight excluding hydrogens is 265 g/mol. The molecule has 7 heteroatoms. The van der Waals surface area contributed by atoms with Crippen LogP contribution in [0.25, 0.3) is 0 Å². The van der Waals surface area contributed by atoms with Crippen LogP contribution < -0.4 is 5.32 Å². The highest BCUT2D eigenvalue weighted by atomic mass is 32.1. The highest BCUT2D eigenvalue weighted by Gasteiger charge is 2.34. The van der Waals surface area contributed by atoms with Gasteiger partial charge in [-0.1, -0.05) is 6.92 Å². The third-order valence-electron chi connectivity index (χ3n) is 2.96.